The van der Waals surface area contributed by atoms with Crippen LogP contribution in [0.4, 0.5) is 4.39 Å². The highest BCUT2D eigenvalue weighted by Crippen LogP contribution is 2.23. The topological polar surface area (TPSA) is 93.0 Å². The van der Waals surface area contributed by atoms with E-state index in [1.807, 2.05) is 13.8 Å². The van der Waals surface area contributed by atoms with E-state index in [1.165, 1.54) is 16.8 Å². The second kappa shape index (κ2) is 9.77. The van der Waals surface area contributed by atoms with Gasteiger partial charge >= 0.3 is 0 Å². The molecule has 0 spiro atoms. The van der Waals surface area contributed by atoms with E-state index >= 15 is 0 Å². The number of nitrogens with one attached hydrogen (secondary N) is 1. The van der Waals surface area contributed by atoms with E-state index in [9.17, 15) is 14.0 Å². The molecule has 3 rings (SSSR count). The van der Waals surface area contributed by atoms with E-state index in [0.29, 0.717) is 36.9 Å². The molecule has 0 radical (unpaired) electrons. The third-order valence-electron chi connectivity index (χ3n) is 5.34. The Balaban J connectivity index is 1.77. The van der Waals surface area contributed by atoms with E-state index < -0.39 is 6.04 Å². The van der Waals surface area contributed by atoms with Crippen LogP contribution in [0.15, 0.2) is 24.3 Å². The summed E-state index contributed by atoms with van der Waals surface area (Å²) >= 11 is 0. The molecule has 1 aliphatic rings. The van der Waals surface area contributed by atoms with E-state index in [-0.39, 0.29) is 30.0 Å². The third kappa shape index (κ3) is 5.40. The van der Waals surface area contributed by atoms with Gasteiger partial charge in [0.25, 0.3) is 0 Å². The van der Waals surface area contributed by atoms with Crippen molar-refractivity contribution in [3.63, 3.8) is 0 Å². The largest absolute Gasteiger partial charge is 0.356 e. The molecule has 30 heavy (non-hydrogen) atoms. The van der Waals surface area contributed by atoms with E-state index in [2.05, 4.69) is 20.8 Å². The van der Waals surface area contributed by atoms with Crippen LogP contribution < -0.4 is 5.32 Å². The minimum absolute atomic E-state index is 0.0125. The van der Waals surface area contributed by atoms with Crippen molar-refractivity contribution in [3.8, 4) is 0 Å². The molecule has 0 bridgehead atoms. The van der Waals surface area contributed by atoms with Gasteiger partial charge in [-0.15, -0.1) is 5.10 Å². The molecule has 1 N–H and O–H groups in total. The minimum atomic E-state index is -0.695. The number of rotatable bonds is 7. The molecule has 1 saturated heterocycles. The first-order valence-electron chi connectivity index (χ1n) is 10.4. The van der Waals surface area contributed by atoms with Crippen molar-refractivity contribution in [2.75, 3.05) is 19.6 Å². The van der Waals surface area contributed by atoms with Crippen LogP contribution in [0.3, 0.4) is 0 Å². The van der Waals surface area contributed by atoms with Gasteiger partial charge in [0.15, 0.2) is 0 Å². The van der Waals surface area contributed by atoms with Crippen molar-refractivity contribution >= 4 is 11.8 Å². The lowest BCUT2D eigenvalue weighted by molar-refractivity contribution is -0.139. The van der Waals surface area contributed by atoms with Crippen molar-refractivity contribution in [1.29, 1.82) is 0 Å². The summed E-state index contributed by atoms with van der Waals surface area (Å²) in [6, 6.07) is 5.49. The number of piperidine rings is 1. The Kier molecular flexibility index (Phi) is 7.12. The van der Waals surface area contributed by atoms with Gasteiger partial charge in [0.1, 0.15) is 17.7 Å². The molecule has 162 valence electrons. The number of amides is 2. The van der Waals surface area contributed by atoms with Crippen LogP contribution in [-0.4, -0.2) is 56.6 Å². The fourth-order valence-corrected chi connectivity index (χ4v) is 3.74. The summed E-state index contributed by atoms with van der Waals surface area (Å²) in [5.41, 5.74) is 0.687. The van der Waals surface area contributed by atoms with Gasteiger partial charge in [-0.2, -0.15) is 0 Å². The summed E-state index contributed by atoms with van der Waals surface area (Å²) in [5, 5.41) is 14.5. The van der Waals surface area contributed by atoms with Crippen molar-refractivity contribution in [3.05, 3.63) is 41.5 Å². The molecule has 2 aromatic rings. The summed E-state index contributed by atoms with van der Waals surface area (Å²) in [7, 11) is 0. The number of nitrogens with zero attached hydrogens (tertiary/aromatic N) is 5. The van der Waals surface area contributed by atoms with Crippen molar-refractivity contribution < 1.29 is 14.0 Å². The number of tetrazole rings is 1. The lowest BCUT2D eigenvalue weighted by Crippen LogP contribution is -2.48. The maximum Gasteiger partial charge on any atom is 0.247 e. The zero-order valence-corrected chi connectivity index (χ0v) is 17.7. The molecule has 1 aromatic carbocycles. The number of aromatic nitrogens is 4. The predicted octanol–water partition coefficient (Wildman–Crippen LogP) is 1.92. The Morgan fingerprint density at radius 2 is 2.13 bits per heavy atom. The van der Waals surface area contributed by atoms with Gasteiger partial charge in [-0.05, 0) is 53.8 Å². The third-order valence-corrected chi connectivity index (χ3v) is 5.34. The van der Waals surface area contributed by atoms with E-state index in [4.69, 9.17) is 0 Å². The van der Waals surface area contributed by atoms with Crippen LogP contribution in [0, 0.1) is 24.6 Å². The second-order valence-corrected chi connectivity index (χ2v) is 8.28. The lowest BCUT2D eigenvalue weighted by Gasteiger charge is -2.34. The highest BCUT2D eigenvalue weighted by molar-refractivity contribution is 5.83. The molecular weight excluding hydrogens is 387 g/mol. The normalized spacial score (nSPS) is 17.8. The Morgan fingerprint density at radius 1 is 1.33 bits per heavy atom. The smallest absolute Gasteiger partial charge is 0.247 e. The van der Waals surface area contributed by atoms with Crippen LogP contribution in [0.5, 0.6) is 0 Å². The Bertz CT molecular complexity index is 884. The van der Waals surface area contributed by atoms with Crippen molar-refractivity contribution in [2.45, 2.75) is 46.1 Å². The molecule has 2 atom stereocenters. The van der Waals surface area contributed by atoms with Crippen LogP contribution in [0.25, 0.3) is 0 Å². The van der Waals surface area contributed by atoms with Crippen molar-refractivity contribution in [2.24, 2.45) is 11.8 Å². The molecule has 0 aliphatic carbocycles. The highest BCUT2D eigenvalue weighted by atomic mass is 19.1. The predicted molar refractivity (Wildman–Crippen MR) is 109 cm³/mol. The molecule has 8 nitrogen and oxygen atoms in total. The van der Waals surface area contributed by atoms with E-state index in [1.54, 1.807) is 24.0 Å². The lowest BCUT2D eigenvalue weighted by atomic mass is 9.95. The first-order chi connectivity index (χ1) is 14.3. The summed E-state index contributed by atoms with van der Waals surface area (Å²) in [4.78, 5) is 27.7. The number of hydrogen-bond donors (Lipinski definition) is 1. The molecule has 9 heteroatoms. The van der Waals surface area contributed by atoms with Gasteiger partial charge in [0, 0.05) is 26.1 Å². The average Bonchev–Trinajstić information content (AvgIpc) is 3.15. The first-order valence-corrected chi connectivity index (χ1v) is 10.4. The zero-order chi connectivity index (χ0) is 21.7. The standard InChI is InChI=1S/C21H29FN6O2/c1-14(2)12-23-20(29)17-7-5-9-27(13-17)21(30)19(28-15(3)24-25-26-28)11-16-6-4-8-18(22)10-16/h4,6,8,10,14,17,19H,5,7,9,11-13H2,1-3H3,(H,23,29)/t17-,19-/m1/s1. The molecule has 0 unspecified atom stereocenters. The number of hydrogen-bond acceptors (Lipinski definition) is 5. The zero-order valence-electron chi connectivity index (χ0n) is 17.7. The fourth-order valence-electron chi connectivity index (χ4n) is 3.74. The van der Waals surface area contributed by atoms with Gasteiger partial charge in [-0.1, -0.05) is 26.0 Å². The number of carbonyl (C=O) groups excluding carboxylic acids is 2. The summed E-state index contributed by atoms with van der Waals surface area (Å²) in [6.45, 7) is 7.38. The fraction of sp³-hybridized carbons (Fsp3) is 0.571. The molecule has 1 fully saturated rings. The van der Waals surface area contributed by atoms with Crippen LogP contribution in [0.2, 0.25) is 0 Å². The molecule has 1 aliphatic heterocycles. The van der Waals surface area contributed by atoms with Gasteiger partial charge < -0.3 is 10.2 Å². The Hall–Kier alpha value is -2.84. The van der Waals surface area contributed by atoms with Crippen LogP contribution in [0.1, 0.15) is 44.1 Å². The Morgan fingerprint density at radius 3 is 2.80 bits per heavy atom. The Labute approximate surface area is 175 Å². The number of aryl methyl sites for hydroxylation is 1. The number of carbonyl (C=O) groups is 2. The first kappa shape index (κ1) is 21.9. The van der Waals surface area contributed by atoms with E-state index in [0.717, 1.165) is 12.8 Å². The molecular formula is C21H29FN6O2. The number of likely N-dealkylation sites (tertiary alicyclic amines) is 1. The number of halogens is 1. The van der Waals surface area contributed by atoms with Gasteiger partial charge in [0.05, 0.1) is 5.92 Å². The average molecular weight is 417 g/mol. The second-order valence-electron chi connectivity index (χ2n) is 8.28. The highest BCUT2D eigenvalue weighted by Gasteiger charge is 2.34. The van der Waals surface area contributed by atoms with Gasteiger partial charge in [-0.3, -0.25) is 9.59 Å². The molecule has 1 aromatic heterocycles. The quantitative estimate of drug-likeness (QED) is 0.744. The SMILES string of the molecule is Cc1nnnn1[C@H](Cc1cccc(F)c1)C(=O)N1CCC[C@@H](C(=O)NCC(C)C)C1. The summed E-state index contributed by atoms with van der Waals surface area (Å²) in [6.07, 6.45) is 1.78. The summed E-state index contributed by atoms with van der Waals surface area (Å²) < 4.78 is 15.2. The van der Waals surface area contributed by atoms with Crippen LogP contribution in [-0.2, 0) is 16.0 Å². The van der Waals surface area contributed by atoms with Gasteiger partial charge in [-0.25, -0.2) is 9.07 Å². The minimum Gasteiger partial charge on any atom is -0.356 e. The molecule has 0 saturated carbocycles. The van der Waals surface area contributed by atoms with Crippen LogP contribution >= 0.6 is 0 Å². The van der Waals surface area contributed by atoms with Crippen molar-refractivity contribution in [1.82, 2.24) is 30.4 Å². The maximum atomic E-state index is 13.7. The van der Waals surface area contributed by atoms with Gasteiger partial charge in [0.2, 0.25) is 11.8 Å². The number of benzene rings is 1. The monoisotopic (exact) mass is 416 g/mol. The summed E-state index contributed by atoms with van der Waals surface area (Å²) in [5.74, 6) is 0.123. The molecule has 2 heterocycles. The molecule has 2 amide bonds. The maximum absolute atomic E-state index is 13.7.